The highest BCUT2D eigenvalue weighted by Crippen LogP contribution is 2.46. The normalized spacial score (nSPS) is 19.7. The molecule has 0 bridgehead atoms. The Morgan fingerprint density at radius 1 is 0.835 bits per heavy atom. The zero-order chi connectivity index (χ0) is 56.5. The van der Waals surface area contributed by atoms with Crippen LogP contribution in [0.3, 0.4) is 0 Å². The van der Waals surface area contributed by atoms with Crippen LogP contribution >= 0.6 is 11.6 Å². The standard InChI is InChI=1S/C59H67ClN6O13/c1-33(2)39(11-7-23-62-51(71)14-8-24-65-52(72)21-22-53(65)73)57(76)64-43(12-5-6-13-50(61)70)47(68)26-34-15-18-36(19-16-34)46(67)27-35-17-20-42-37(25-35)28-44(63-42)58(77)66-31-38(30-60)54-41-10-4-3-9-40(41)49(29-45(54)66)79-59-56(75)55(74)48(69)32-78-59/h3-4,9-10,15-22,25,28-29,33,38-39,43,48,55-56,59,63,69,74-75H,5-8,11-14,23-24,26-27,30-32H2,1-2H3,(H2,61,70)(H,62,71)(H,64,76)/t38-,39+,43+,48-,55+,56-,59?/m1/s1. The number of nitrogens with zero attached hydrogens (tertiary/aromatic N) is 2. The Balaban J connectivity index is 0.874. The third-order valence-corrected chi connectivity index (χ3v) is 15.3. The maximum absolute atomic E-state index is 14.4. The van der Waals surface area contributed by atoms with Gasteiger partial charge in [0.2, 0.25) is 24.0 Å². The number of nitrogens with two attached hydrogens (primary N) is 1. The number of unbranched alkanes of at least 4 members (excludes halogenated alkanes) is 1. The largest absolute Gasteiger partial charge is 0.461 e. The number of hydrogen-bond acceptors (Lipinski definition) is 13. The average Bonchev–Trinajstić information content (AvgIpc) is 4.35. The predicted octanol–water partition coefficient (Wildman–Crippen LogP) is 5.06. The molecular formula is C59H67ClN6O13. The van der Waals surface area contributed by atoms with Crippen LogP contribution in [-0.2, 0) is 46.3 Å². The van der Waals surface area contributed by atoms with E-state index in [2.05, 4.69) is 15.6 Å². The molecule has 1 unspecified atom stereocenters. The van der Waals surface area contributed by atoms with Crippen LogP contribution in [0.25, 0.3) is 21.7 Å². The lowest BCUT2D eigenvalue weighted by Crippen LogP contribution is -2.54. The van der Waals surface area contributed by atoms with Gasteiger partial charge in [0, 0.05) is 103 Å². The molecule has 7 atom stereocenters. The monoisotopic (exact) mass is 1100 g/mol. The summed E-state index contributed by atoms with van der Waals surface area (Å²) in [6.07, 6.45) is -0.419. The SMILES string of the molecule is CC(C)[C@H](CCCNC(=O)CCCN1C(=O)C=CC1=O)C(=O)N[C@@H](CCCCC(N)=O)C(=O)Cc1ccc(C(=O)Cc2ccc3[nH]c(C(=O)N4C[C@@H](CCl)c5c4cc(OC4OC[C@@H](O)[C@H](O)[C@H]4O)c4ccccc54)cc3c2)cc1. The second-order valence-electron chi connectivity index (χ2n) is 20.9. The summed E-state index contributed by atoms with van der Waals surface area (Å²) in [5.41, 5.74) is 9.54. The number of carbonyl (C=O) groups excluding carboxylic acids is 8. The maximum atomic E-state index is 14.4. The molecular weight excluding hydrogens is 1040 g/mol. The molecule has 8 rings (SSSR count). The molecule has 6 amide bonds. The number of aromatic amines is 1. The van der Waals surface area contributed by atoms with Crippen LogP contribution in [0.15, 0.2) is 91.0 Å². The molecule has 8 N–H and O–H groups in total. The number of primary amides is 1. The highest BCUT2D eigenvalue weighted by atomic mass is 35.5. The molecule has 3 aliphatic rings. The fourth-order valence-corrected chi connectivity index (χ4v) is 10.8. The van der Waals surface area contributed by atoms with Crippen LogP contribution in [0.2, 0.25) is 0 Å². The Hall–Kier alpha value is -7.29. The van der Waals surface area contributed by atoms with Gasteiger partial charge >= 0.3 is 0 Å². The molecule has 0 radical (unpaired) electrons. The molecule has 79 heavy (non-hydrogen) atoms. The number of aliphatic hydroxyl groups excluding tert-OH is 3. The first-order valence-corrected chi connectivity index (χ1v) is 27.4. The number of rotatable bonds is 26. The van der Waals surface area contributed by atoms with Crippen LogP contribution in [0.1, 0.15) is 109 Å². The number of imide groups is 1. The van der Waals surface area contributed by atoms with Gasteiger partial charge < -0.3 is 51.0 Å². The average molecular weight is 1100 g/mol. The molecule has 19 nitrogen and oxygen atoms in total. The number of carbonyl (C=O) groups is 8. The van der Waals surface area contributed by atoms with Crippen LogP contribution in [0, 0.1) is 11.8 Å². The molecule has 1 fully saturated rings. The Bertz CT molecular complexity index is 3120. The summed E-state index contributed by atoms with van der Waals surface area (Å²) >= 11 is 6.54. The number of aliphatic hydroxyl groups is 3. The Kier molecular flexibility index (Phi) is 19.1. The molecule has 20 heteroatoms. The molecule has 5 aromatic rings. The lowest BCUT2D eigenvalue weighted by atomic mass is 9.89. The van der Waals surface area contributed by atoms with Crippen molar-refractivity contribution in [1.29, 1.82) is 0 Å². The number of aromatic nitrogens is 1. The van der Waals surface area contributed by atoms with E-state index < -0.39 is 54.3 Å². The van der Waals surface area contributed by atoms with Gasteiger partial charge in [-0.2, -0.15) is 0 Å². The summed E-state index contributed by atoms with van der Waals surface area (Å²) in [4.78, 5) is 109. The molecule has 418 valence electrons. The van der Waals surface area contributed by atoms with Crippen molar-refractivity contribution in [2.24, 2.45) is 17.6 Å². The number of H-pyrrole nitrogens is 1. The van der Waals surface area contributed by atoms with Gasteiger partial charge in [0.05, 0.1) is 18.3 Å². The van der Waals surface area contributed by atoms with Gasteiger partial charge in [-0.05, 0) is 78.3 Å². The fourth-order valence-electron chi connectivity index (χ4n) is 10.5. The number of anilines is 1. The lowest BCUT2D eigenvalue weighted by molar-refractivity contribution is -0.241. The number of benzene rings is 4. The number of nitrogens with one attached hydrogen (secondary N) is 3. The van der Waals surface area contributed by atoms with Gasteiger partial charge in [-0.25, -0.2) is 0 Å². The summed E-state index contributed by atoms with van der Waals surface area (Å²) in [6, 6.07) is 22.3. The second kappa shape index (κ2) is 26.1. The van der Waals surface area contributed by atoms with Crippen molar-refractivity contribution in [3.05, 3.63) is 119 Å². The third kappa shape index (κ3) is 13.9. The highest BCUT2D eigenvalue weighted by Gasteiger charge is 2.41. The van der Waals surface area contributed by atoms with E-state index in [0.717, 1.165) is 15.8 Å². The topological polar surface area (TPSA) is 288 Å². The smallest absolute Gasteiger partial charge is 0.274 e. The van der Waals surface area contributed by atoms with Crippen molar-refractivity contribution in [3.63, 3.8) is 0 Å². The fraction of sp³-hybridized carbons (Fsp3) is 0.424. The molecule has 0 saturated carbocycles. The van der Waals surface area contributed by atoms with Crippen molar-refractivity contribution in [1.82, 2.24) is 20.5 Å². The van der Waals surface area contributed by atoms with E-state index in [-0.39, 0.29) is 92.4 Å². The Morgan fingerprint density at radius 3 is 2.27 bits per heavy atom. The minimum absolute atomic E-state index is 0.0210. The number of Topliss-reactive ketones (excluding diaryl/α,β-unsaturated/α-hetero) is 2. The van der Waals surface area contributed by atoms with Crippen molar-refractivity contribution in [3.8, 4) is 5.75 Å². The minimum Gasteiger partial charge on any atom is -0.461 e. The predicted molar refractivity (Wildman–Crippen MR) is 294 cm³/mol. The quantitative estimate of drug-likeness (QED) is 0.0165. The van der Waals surface area contributed by atoms with Crippen LogP contribution in [0.4, 0.5) is 5.69 Å². The Labute approximate surface area is 461 Å². The zero-order valence-electron chi connectivity index (χ0n) is 44.2. The summed E-state index contributed by atoms with van der Waals surface area (Å²) < 4.78 is 11.7. The van der Waals surface area contributed by atoms with Crippen molar-refractivity contribution < 1.29 is 63.1 Å². The number of ether oxygens (including phenoxy) is 2. The Morgan fingerprint density at radius 2 is 1.56 bits per heavy atom. The van der Waals surface area contributed by atoms with E-state index in [9.17, 15) is 53.7 Å². The van der Waals surface area contributed by atoms with Gasteiger partial charge in [-0.15, -0.1) is 11.6 Å². The molecule has 0 spiro atoms. The van der Waals surface area contributed by atoms with Gasteiger partial charge in [-0.3, -0.25) is 43.3 Å². The van der Waals surface area contributed by atoms with Crippen LogP contribution in [-0.4, -0.2) is 135 Å². The summed E-state index contributed by atoms with van der Waals surface area (Å²) in [6.45, 7) is 4.32. The lowest BCUT2D eigenvalue weighted by Gasteiger charge is -2.35. The van der Waals surface area contributed by atoms with Crippen LogP contribution < -0.4 is 26.0 Å². The minimum atomic E-state index is -1.54. The first-order valence-electron chi connectivity index (χ1n) is 26.8. The second-order valence-corrected chi connectivity index (χ2v) is 21.2. The molecule has 3 aliphatic heterocycles. The van der Waals surface area contributed by atoms with E-state index in [4.69, 9.17) is 26.8 Å². The number of alkyl halides is 1. The number of fused-ring (bicyclic) bond motifs is 4. The van der Waals surface area contributed by atoms with E-state index in [1.165, 1.54) is 12.2 Å². The van der Waals surface area contributed by atoms with Crippen LogP contribution in [0.5, 0.6) is 5.75 Å². The molecule has 0 aliphatic carbocycles. The first kappa shape index (κ1) is 57.9. The number of hydrogen-bond donors (Lipinski definition) is 7. The highest BCUT2D eigenvalue weighted by molar-refractivity contribution is 6.19. The number of ketones is 2. The zero-order valence-corrected chi connectivity index (χ0v) is 44.9. The van der Waals surface area contributed by atoms with Gasteiger partial charge in [-0.1, -0.05) is 74.9 Å². The molecule has 4 heterocycles. The van der Waals surface area contributed by atoms with E-state index in [0.29, 0.717) is 95.2 Å². The molecule has 4 aromatic carbocycles. The van der Waals surface area contributed by atoms with Crippen molar-refractivity contribution in [2.75, 3.05) is 37.0 Å². The summed E-state index contributed by atoms with van der Waals surface area (Å²) in [5, 5.41) is 39.0. The van der Waals surface area contributed by atoms with Gasteiger partial charge in [0.15, 0.2) is 11.6 Å². The third-order valence-electron chi connectivity index (χ3n) is 14.9. The summed E-state index contributed by atoms with van der Waals surface area (Å²) in [5.74, 6) is -2.75. The number of amides is 6. The van der Waals surface area contributed by atoms with Crippen molar-refractivity contribution in [2.45, 2.75) is 115 Å². The molecule has 1 saturated heterocycles. The summed E-state index contributed by atoms with van der Waals surface area (Å²) in [7, 11) is 0. The van der Waals surface area contributed by atoms with Crippen molar-refractivity contribution >= 4 is 86.0 Å². The van der Waals surface area contributed by atoms with Gasteiger partial charge in [0.1, 0.15) is 29.8 Å². The number of halogens is 1. The first-order chi connectivity index (χ1) is 37.9. The van der Waals surface area contributed by atoms with E-state index in [1.807, 2.05) is 56.3 Å². The van der Waals surface area contributed by atoms with Gasteiger partial charge in [0.25, 0.3) is 17.7 Å². The van der Waals surface area contributed by atoms with E-state index >= 15 is 0 Å². The maximum Gasteiger partial charge on any atom is 0.274 e. The van der Waals surface area contributed by atoms with E-state index in [1.54, 1.807) is 41.3 Å². The molecule has 1 aromatic heterocycles.